The van der Waals surface area contributed by atoms with Crippen molar-refractivity contribution in [3.05, 3.63) is 29.3 Å². The fourth-order valence-electron chi connectivity index (χ4n) is 1.22. The summed E-state index contributed by atoms with van der Waals surface area (Å²) >= 11 is 0. The van der Waals surface area contributed by atoms with Gasteiger partial charge in [-0.2, -0.15) is 0 Å². The Hall–Kier alpha value is -0.710. The Morgan fingerprint density at radius 3 is 2.36 bits per heavy atom. The van der Waals surface area contributed by atoms with E-state index in [1.54, 1.807) is 26.0 Å². The predicted molar refractivity (Wildman–Crippen MR) is 57.0 cm³/mol. The molecule has 0 amide bonds. The lowest BCUT2D eigenvalue weighted by atomic mass is 9.97. The van der Waals surface area contributed by atoms with E-state index < -0.39 is 16.6 Å². The molecule has 0 aliphatic heterocycles. The molecule has 0 spiro atoms. The zero-order valence-electron chi connectivity index (χ0n) is 8.57. The number of aliphatic hydroxyl groups is 1. The molecular formula is C10H15NO2S. The summed E-state index contributed by atoms with van der Waals surface area (Å²) in [5.74, 6) is 0. The van der Waals surface area contributed by atoms with E-state index in [0.717, 1.165) is 11.1 Å². The molecule has 3 nitrogen and oxygen atoms in total. The highest BCUT2D eigenvalue weighted by Gasteiger charge is 2.17. The molecule has 1 rings (SSSR count). The van der Waals surface area contributed by atoms with Crippen molar-refractivity contribution >= 4 is 11.0 Å². The van der Waals surface area contributed by atoms with Crippen molar-refractivity contribution in [3.63, 3.8) is 0 Å². The molecule has 0 saturated carbocycles. The summed E-state index contributed by atoms with van der Waals surface area (Å²) in [5, 5.41) is 15.1. The van der Waals surface area contributed by atoms with Crippen LogP contribution in [0.25, 0.3) is 0 Å². The van der Waals surface area contributed by atoms with Crippen LogP contribution in [0.4, 0.5) is 0 Å². The van der Waals surface area contributed by atoms with Crippen LogP contribution >= 0.6 is 0 Å². The molecular weight excluding hydrogens is 198 g/mol. The lowest BCUT2D eigenvalue weighted by molar-refractivity contribution is 0.0783. The molecule has 0 saturated heterocycles. The van der Waals surface area contributed by atoms with Crippen LogP contribution < -0.4 is 5.14 Å². The van der Waals surface area contributed by atoms with Crippen LogP contribution in [-0.2, 0) is 16.6 Å². The van der Waals surface area contributed by atoms with Crippen molar-refractivity contribution in [3.8, 4) is 0 Å². The van der Waals surface area contributed by atoms with Gasteiger partial charge in [0.15, 0.2) is 0 Å². The van der Waals surface area contributed by atoms with E-state index in [1.165, 1.54) is 0 Å². The van der Waals surface area contributed by atoms with E-state index in [2.05, 4.69) is 0 Å². The lowest BCUT2D eigenvalue weighted by Crippen LogP contribution is -2.16. The van der Waals surface area contributed by atoms with Crippen LogP contribution in [0.3, 0.4) is 0 Å². The molecule has 3 N–H and O–H groups in total. The van der Waals surface area contributed by atoms with Gasteiger partial charge in [-0.3, -0.25) is 0 Å². The minimum atomic E-state index is -1.50. The molecule has 14 heavy (non-hydrogen) atoms. The minimum absolute atomic E-state index is 0.544. The molecule has 0 bridgehead atoms. The van der Waals surface area contributed by atoms with Gasteiger partial charge in [-0.05, 0) is 44.0 Å². The van der Waals surface area contributed by atoms with Gasteiger partial charge in [-0.1, -0.05) is 6.07 Å². The Morgan fingerprint density at radius 1 is 1.36 bits per heavy atom. The monoisotopic (exact) mass is 213 g/mol. The van der Waals surface area contributed by atoms with E-state index in [0.29, 0.717) is 4.90 Å². The van der Waals surface area contributed by atoms with Crippen molar-refractivity contribution in [1.29, 1.82) is 0 Å². The highest BCUT2D eigenvalue weighted by molar-refractivity contribution is 7.82. The van der Waals surface area contributed by atoms with Crippen molar-refractivity contribution in [2.75, 3.05) is 0 Å². The summed E-state index contributed by atoms with van der Waals surface area (Å²) in [6.07, 6.45) is 0. The topological polar surface area (TPSA) is 63.3 Å². The number of aryl methyl sites for hydroxylation is 1. The summed E-state index contributed by atoms with van der Waals surface area (Å²) in [4.78, 5) is 0.544. The highest BCUT2D eigenvalue weighted by Crippen LogP contribution is 2.22. The molecule has 4 heteroatoms. The zero-order chi connectivity index (χ0) is 10.9. The molecule has 78 valence electrons. The van der Waals surface area contributed by atoms with E-state index in [1.807, 2.05) is 13.0 Å². The van der Waals surface area contributed by atoms with Gasteiger partial charge >= 0.3 is 0 Å². The summed E-state index contributed by atoms with van der Waals surface area (Å²) < 4.78 is 11.1. The molecule has 0 heterocycles. The van der Waals surface area contributed by atoms with Crippen molar-refractivity contribution in [1.82, 2.24) is 0 Å². The average Bonchev–Trinajstić information content (AvgIpc) is 2.01. The molecule has 1 aromatic carbocycles. The van der Waals surface area contributed by atoms with Crippen LogP contribution in [-0.4, -0.2) is 9.32 Å². The second-order valence-electron chi connectivity index (χ2n) is 3.89. The predicted octanol–water partition coefficient (Wildman–Crippen LogP) is 1.20. The van der Waals surface area contributed by atoms with E-state index in [4.69, 9.17) is 5.14 Å². The number of hydrogen-bond donors (Lipinski definition) is 2. The second kappa shape index (κ2) is 3.81. The van der Waals surface area contributed by atoms with Gasteiger partial charge in [0, 0.05) is 0 Å². The molecule has 0 aromatic heterocycles. The average molecular weight is 213 g/mol. The van der Waals surface area contributed by atoms with Crippen molar-refractivity contribution in [2.24, 2.45) is 5.14 Å². The normalized spacial score (nSPS) is 14.1. The molecule has 1 unspecified atom stereocenters. The lowest BCUT2D eigenvalue weighted by Gasteiger charge is -2.19. The number of nitrogens with two attached hydrogens (primary N) is 1. The van der Waals surface area contributed by atoms with Crippen LogP contribution in [0, 0.1) is 6.92 Å². The summed E-state index contributed by atoms with van der Waals surface area (Å²) in [5.41, 5.74) is 0.741. The first-order valence-electron chi connectivity index (χ1n) is 4.31. The number of hydrogen-bond acceptors (Lipinski definition) is 2. The maximum atomic E-state index is 11.1. The van der Waals surface area contributed by atoms with Gasteiger partial charge < -0.3 is 5.11 Å². The quantitative estimate of drug-likeness (QED) is 0.775. The maximum absolute atomic E-state index is 11.1. The molecule has 0 radical (unpaired) electrons. The van der Waals surface area contributed by atoms with Gasteiger partial charge in [0.05, 0.1) is 10.5 Å². The summed E-state index contributed by atoms with van der Waals surface area (Å²) in [6, 6.07) is 5.28. The van der Waals surface area contributed by atoms with Crippen molar-refractivity contribution < 1.29 is 9.32 Å². The summed E-state index contributed by atoms with van der Waals surface area (Å²) in [6.45, 7) is 5.25. The van der Waals surface area contributed by atoms with Crippen LogP contribution in [0.5, 0.6) is 0 Å². The van der Waals surface area contributed by atoms with Crippen LogP contribution in [0.2, 0.25) is 0 Å². The largest absolute Gasteiger partial charge is 0.386 e. The third-order valence-corrected chi connectivity index (χ3v) is 2.69. The SMILES string of the molecule is Cc1cc(S(N)=O)cc(C(C)(C)O)c1. The summed E-state index contributed by atoms with van der Waals surface area (Å²) in [7, 11) is -1.50. The van der Waals surface area contributed by atoms with E-state index in [9.17, 15) is 9.32 Å². The van der Waals surface area contributed by atoms with Crippen LogP contribution in [0.15, 0.2) is 23.1 Å². The minimum Gasteiger partial charge on any atom is -0.386 e. The Morgan fingerprint density at radius 2 is 1.93 bits per heavy atom. The third-order valence-electron chi connectivity index (χ3n) is 1.99. The molecule has 0 aliphatic carbocycles. The first-order valence-corrected chi connectivity index (χ1v) is 5.53. The third kappa shape index (κ3) is 2.64. The van der Waals surface area contributed by atoms with Gasteiger partial charge in [-0.15, -0.1) is 0 Å². The Bertz CT molecular complexity index is 369. The smallest absolute Gasteiger partial charge is 0.122 e. The Balaban J connectivity index is 3.28. The number of rotatable bonds is 2. The van der Waals surface area contributed by atoms with Gasteiger partial charge in [0.2, 0.25) is 0 Å². The molecule has 1 aromatic rings. The molecule has 0 aliphatic rings. The standard InChI is InChI=1S/C10H15NO2S/c1-7-4-8(10(2,3)12)6-9(5-7)14(11)13/h4-6,12H,11H2,1-3H3. The van der Waals surface area contributed by atoms with Gasteiger partial charge in [0.25, 0.3) is 0 Å². The molecule has 1 atom stereocenters. The van der Waals surface area contributed by atoms with Crippen LogP contribution in [0.1, 0.15) is 25.0 Å². The Labute approximate surface area is 86.5 Å². The first-order chi connectivity index (χ1) is 6.30. The Kier molecular flexibility index (Phi) is 3.09. The van der Waals surface area contributed by atoms with Gasteiger partial charge in [-0.25, -0.2) is 9.35 Å². The highest BCUT2D eigenvalue weighted by atomic mass is 32.2. The fraction of sp³-hybridized carbons (Fsp3) is 0.400. The second-order valence-corrected chi connectivity index (χ2v) is 4.96. The number of benzene rings is 1. The van der Waals surface area contributed by atoms with Crippen molar-refractivity contribution in [2.45, 2.75) is 31.3 Å². The van der Waals surface area contributed by atoms with Gasteiger partial charge in [0.1, 0.15) is 11.0 Å². The fourth-order valence-corrected chi connectivity index (χ4v) is 1.76. The molecule has 0 fully saturated rings. The first kappa shape index (κ1) is 11.4. The van der Waals surface area contributed by atoms with E-state index in [-0.39, 0.29) is 0 Å². The zero-order valence-corrected chi connectivity index (χ0v) is 9.39. The van der Waals surface area contributed by atoms with E-state index >= 15 is 0 Å². The maximum Gasteiger partial charge on any atom is 0.122 e.